The number of benzene rings is 1. The van der Waals surface area contributed by atoms with Crippen molar-refractivity contribution in [3.8, 4) is 11.3 Å². The number of carboxylic acid groups (broad SMARTS) is 1. The van der Waals surface area contributed by atoms with Crippen LogP contribution in [0.3, 0.4) is 0 Å². The number of rotatable bonds is 2. The number of halogens is 2. The zero-order valence-electron chi connectivity index (χ0n) is 9.74. The Morgan fingerprint density at radius 3 is 2.61 bits per heavy atom. The van der Waals surface area contributed by atoms with Crippen molar-refractivity contribution < 1.29 is 18.7 Å². The van der Waals surface area contributed by atoms with E-state index >= 15 is 0 Å². The van der Waals surface area contributed by atoms with Crippen molar-refractivity contribution in [2.75, 3.05) is 0 Å². The Labute approximate surface area is 101 Å². The van der Waals surface area contributed by atoms with Crippen molar-refractivity contribution in [3.63, 3.8) is 0 Å². The summed E-state index contributed by atoms with van der Waals surface area (Å²) in [5.74, 6) is -2.54. The van der Waals surface area contributed by atoms with E-state index in [1.54, 1.807) is 0 Å². The molecular weight excluding hydrogens is 242 g/mol. The van der Waals surface area contributed by atoms with Crippen molar-refractivity contribution in [1.29, 1.82) is 0 Å². The standard InChI is InChI=1S/C12H10F2N2O2/c1-6-3-10(14)7(4-9(6)13)11-8(12(17)18)5-16(2)15-11/h3-5H,1-2H3,(H,17,18). The van der Waals surface area contributed by atoms with Gasteiger partial charge in [-0.05, 0) is 24.6 Å². The Hall–Kier alpha value is -2.24. The second kappa shape index (κ2) is 4.21. The molecule has 0 fully saturated rings. The first-order valence-corrected chi connectivity index (χ1v) is 5.13. The van der Waals surface area contributed by atoms with Crippen molar-refractivity contribution in [3.05, 3.63) is 41.1 Å². The number of hydrogen-bond donors (Lipinski definition) is 1. The SMILES string of the molecule is Cc1cc(F)c(-c2nn(C)cc2C(=O)O)cc1F. The molecule has 18 heavy (non-hydrogen) atoms. The molecule has 1 N–H and O–H groups in total. The van der Waals surface area contributed by atoms with Crippen LogP contribution in [0.5, 0.6) is 0 Å². The highest BCUT2D eigenvalue weighted by Crippen LogP contribution is 2.27. The van der Waals surface area contributed by atoms with Crippen LogP contribution in [0.1, 0.15) is 15.9 Å². The molecule has 2 aromatic rings. The van der Waals surface area contributed by atoms with Crippen molar-refractivity contribution in [2.24, 2.45) is 7.05 Å². The molecule has 0 saturated carbocycles. The Kier molecular flexibility index (Phi) is 2.86. The normalized spacial score (nSPS) is 10.7. The maximum absolute atomic E-state index is 13.8. The van der Waals surface area contributed by atoms with E-state index in [4.69, 9.17) is 5.11 Å². The lowest BCUT2D eigenvalue weighted by Gasteiger charge is -2.04. The molecule has 94 valence electrons. The van der Waals surface area contributed by atoms with Gasteiger partial charge in [-0.15, -0.1) is 0 Å². The van der Waals surface area contributed by atoms with Gasteiger partial charge in [-0.1, -0.05) is 0 Å². The quantitative estimate of drug-likeness (QED) is 0.892. The summed E-state index contributed by atoms with van der Waals surface area (Å²) in [6.07, 6.45) is 1.24. The Bertz CT molecular complexity index is 635. The van der Waals surface area contributed by atoms with Crippen LogP contribution in [0.25, 0.3) is 11.3 Å². The van der Waals surface area contributed by atoms with Crippen molar-refractivity contribution in [2.45, 2.75) is 6.92 Å². The molecule has 1 heterocycles. The highest BCUT2D eigenvalue weighted by Gasteiger charge is 2.20. The van der Waals surface area contributed by atoms with Crippen LogP contribution < -0.4 is 0 Å². The number of aromatic nitrogens is 2. The molecule has 0 bridgehead atoms. The van der Waals surface area contributed by atoms with Gasteiger partial charge in [0, 0.05) is 18.8 Å². The molecule has 0 amide bonds. The molecule has 0 radical (unpaired) electrons. The fourth-order valence-electron chi connectivity index (χ4n) is 1.67. The van der Waals surface area contributed by atoms with E-state index in [0.29, 0.717) is 0 Å². The van der Waals surface area contributed by atoms with Crippen LogP contribution in [-0.2, 0) is 7.05 Å². The second-order valence-electron chi connectivity index (χ2n) is 3.95. The first-order chi connectivity index (χ1) is 8.40. The average Bonchev–Trinajstić information content (AvgIpc) is 2.65. The van der Waals surface area contributed by atoms with Crippen LogP contribution in [0.15, 0.2) is 18.3 Å². The number of aryl methyl sites for hydroxylation is 2. The van der Waals surface area contributed by atoms with E-state index < -0.39 is 17.6 Å². The lowest BCUT2D eigenvalue weighted by molar-refractivity contribution is 0.0697. The summed E-state index contributed by atoms with van der Waals surface area (Å²) < 4.78 is 28.4. The molecule has 0 aliphatic carbocycles. The van der Waals surface area contributed by atoms with Crippen LogP contribution >= 0.6 is 0 Å². The summed E-state index contributed by atoms with van der Waals surface area (Å²) in [6.45, 7) is 1.43. The maximum Gasteiger partial charge on any atom is 0.339 e. The molecule has 1 aromatic heterocycles. The fourth-order valence-corrected chi connectivity index (χ4v) is 1.67. The predicted molar refractivity (Wildman–Crippen MR) is 60.3 cm³/mol. The van der Waals surface area contributed by atoms with Crippen LogP contribution in [-0.4, -0.2) is 20.9 Å². The van der Waals surface area contributed by atoms with Gasteiger partial charge < -0.3 is 5.11 Å². The molecule has 1 aromatic carbocycles. The Morgan fingerprint density at radius 2 is 2.00 bits per heavy atom. The minimum Gasteiger partial charge on any atom is -0.478 e. The zero-order chi connectivity index (χ0) is 13.4. The third-order valence-electron chi connectivity index (χ3n) is 2.56. The van der Waals surface area contributed by atoms with Gasteiger partial charge in [-0.25, -0.2) is 13.6 Å². The van der Waals surface area contributed by atoms with Gasteiger partial charge in [0.25, 0.3) is 0 Å². The monoisotopic (exact) mass is 252 g/mol. The minimum absolute atomic E-state index is 0.0820. The van der Waals surface area contributed by atoms with Gasteiger partial charge in [0.2, 0.25) is 0 Å². The molecule has 0 spiro atoms. The highest BCUT2D eigenvalue weighted by atomic mass is 19.1. The van der Waals surface area contributed by atoms with Crippen LogP contribution in [0.2, 0.25) is 0 Å². The average molecular weight is 252 g/mol. The predicted octanol–water partition coefficient (Wildman–Crippen LogP) is 2.37. The van der Waals surface area contributed by atoms with E-state index in [-0.39, 0.29) is 22.4 Å². The summed E-state index contributed by atoms with van der Waals surface area (Å²) in [7, 11) is 1.51. The number of aromatic carboxylic acids is 1. The smallest absolute Gasteiger partial charge is 0.339 e. The molecular formula is C12H10F2N2O2. The van der Waals surface area contributed by atoms with Gasteiger partial charge in [0.1, 0.15) is 22.9 Å². The number of nitrogens with zero attached hydrogens (tertiary/aromatic N) is 2. The molecule has 0 aliphatic rings. The summed E-state index contributed by atoms with van der Waals surface area (Å²) in [6, 6.07) is 1.98. The van der Waals surface area contributed by atoms with Gasteiger partial charge in [-0.3, -0.25) is 4.68 Å². The van der Waals surface area contributed by atoms with Gasteiger partial charge in [0.15, 0.2) is 0 Å². The van der Waals surface area contributed by atoms with Crippen LogP contribution in [0, 0.1) is 18.6 Å². The summed E-state index contributed by atoms with van der Waals surface area (Å²) >= 11 is 0. The van der Waals surface area contributed by atoms with E-state index in [1.807, 2.05) is 0 Å². The van der Waals surface area contributed by atoms with Crippen molar-refractivity contribution in [1.82, 2.24) is 9.78 Å². The molecule has 0 saturated heterocycles. The van der Waals surface area contributed by atoms with Crippen molar-refractivity contribution >= 4 is 5.97 Å². The number of carboxylic acids is 1. The third-order valence-corrected chi connectivity index (χ3v) is 2.56. The van der Waals surface area contributed by atoms with E-state index in [0.717, 1.165) is 12.1 Å². The molecule has 0 unspecified atom stereocenters. The largest absolute Gasteiger partial charge is 0.478 e. The molecule has 0 aliphatic heterocycles. The maximum atomic E-state index is 13.8. The summed E-state index contributed by atoms with van der Waals surface area (Å²) in [4.78, 5) is 11.0. The molecule has 0 atom stereocenters. The summed E-state index contributed by atoms with van der Waals surface area (Å²) in [5, 5.41) is 12.8. The fraction of sp³-hybridized carbons (Fsp3) is 0.167. The number of carbonyl (C=O) groups is 1. The van der Waals surface area contributed by atoms with Gasteiger partial charge >= 0.3 is 5.97 Å². The Balaban J connectivity index is 2.69. The zero-order valence-corrected chi connectivity index (χ0v) is 9.74. The summed E-state index contributed by atoms with van der Waals surface area (Å²) in [5.41, 5.74) is -0.249. The van der Waals surface area contributed by atoms with Gasteiger partial charge in [-0.2, -0.15) is 5.10 Å². The van der Waals surface area contributed by atoms with Crippen LogP contribution in [0.4, 0.5) is 8.78 Å². The van der Waals surface area contributed by atoms with E-state index in [2.05, 4.69) is 5.10 Å². The second-order valence-corrected chi connectivity index (χ2v) is 3.95. The lowest BCUT2D eigenvalue weighted by atomic mass is 10.1. The Morgan fingerprint density at radius 1 is 1.33 bits per heavy atom. The first kappa shape index (κ1) is 12.2. The lowest BCUT2D eigenvalue weighted by Crippen LogP contribution is -1.99. The minimum atomic E-state index is -1.24. The molecule has 2 rings (SSSR count). The first-order valence-electron chi connectivity index (χ1n) is 5.13. The van der Waals surface area contributed by atoms with E-state index in [9.17, 15) is 13.6 Å². The topological polar surface area (TPSA) is 55.1 Å². The molecule has 6 heteroatoms. The van der Waals surface area contributed by atoms with Gasteiger partial charge in [0.05, 0.1) is 0 Å². The van der Waals surface area contributed by atoms with E-state index in [1.165, 1.54) is 24.9 Å². The highest BCUT2D eigenvalue weighted by molar-refractivity contribution is 5.94. The third kappa shape index (κ3) is 1.97. The number of hydrogen-bond acceptors (Lipinski definition) is 2. The molecule has 4 nitrogen and oxygen atoms in total.